The maximum Gasteiger partial charge on any atom is 0.422 e. The zero-order valence-electron chi connectivity index (χ0n) is 15.2. The molecule has 1 aromatic rings. The summed E-state index contributed by atoms with van der Waals surface area (Å²) in [6, 6.07) is 4.38. The Morgan fingerprint density at radius 1 is 1.27 bits per heavy atom. The summed E-state index contributed by atoms with van der Waals surface area (Å²) < 4.78 is 47.7. The molecule has 5 nitrogen and oxygen atoms in total. The summed E-state index contributed by atoms with van der Waals surface area (Å²) in [6.45, 7) is 4.45. The molecule has 0 bridgehead atoms. The van der Waals surface area contributed by atoms with Gasteiger partial charge in [-0.05, 0) is 57.7 Å². The van der Waals surface area contributed by atoms with Crippen LogP contribution in [-0.4, -0.2) is 35.9 Å². The summed E-state index contributed by atoms with van der Waals surface area (Å²) >= 11 is 0. The van der Waals surface area contributed by atoms with Gasteiger partial charge < -0.3 is 20.1 Å². The van der Waals surface area contributed by atoms with Gasteiger partial charge >= 0.3 is 12.3 Å². The zero-order valence-corrected chi connectivity index (χ0v) is 15.2. The molecule has 1 aliphatic rings. The average molecular weight is 374 g/mol. The van der Waals surface area contributed by atoms with E-state index in [4.69, 9.17) is 15.2 Å². The van der Waals surface area contributed by atoms with Crippen LogP contribution >= 0.6 is 0 Å². The van der Waals surface area contributed by atoms with Gasteiger partial charge in [0.2, 0.25) is 0 Å². The van der Waals surface area contributed by atoms with Crippen molar-refractivity contribution in [2.75, 3.05) is 18.9 Å². The predicted molar refractivity (Wildman–Crippen MR) is 91.8 cm³/mol. The van der Waals surface area contributed by atoms with Crippen LogP contribution in [0.15, 0.2) is 18.2 Å². The fourth-order valence-corrected chi connectivity index (χ4v) is 2.37. The van der Waals surface area contributed by atoms with Gasteiger partial charge in [0.05, 0.1) is 6.54 Å². The molecule has 1 fully saturated rings. The van der Waals surface area contributed by atoms with Gasteiger partial charge in [-0.2, -0.15) is 13.2 Å². The minimum absolute atomic E-state index is 0.0564. The minimum Gasteiger partial charge on any atom is -0.484 e. The van der Waals surface area contributed by atoms with E-state index in [1.54, 1.807) is 20.8 Å². The molecule has 146 valence electrons. The highest BCUT2D eigenvalue weighted by Gasteiger charge is 2.31. The Balaban J connectivity index is 2.17. The Labute approximate surface area is 151 Å². The fraction of sp³-hybridized carbons (Fsp3) is 0.611. The Kier molecular flexibility index (Phi) is 5.93. The molecule has 26 heavy (non-hydrogen) atoms. The van der Waals surface area contributed by atoms with Gasteiger partial charge in [-0.1, -0.05) is 0 Å². The number of alkyl halides is 3. The first-order chi connectivity index (χ1) is 11.9. The van der Waals surface area contributed by atoms with E-state index in [9.17, 15) is 18.0 Å². The van der Waals surface area contributed by atoms with Crippen molar-refractivity contribution < 1.29 is 27.4 Å². The van der Waals surface area contributed by atoms with Crippen LogP contribution < -0.4 is 10.5 Å². The van der Waals surface area contributed by atoms with Crippen LogP contribution in [-0.2, 0) is 11.3 Å². The molecule has 1 aromatic carbocycles. The molecule has 0 atom stereocenters. The van der Waals surface area contributed by atoms with E-state index in [1.807, 2.05) is 0 Å². The topological polar surface area (TPSA) is 64.8 Å². The third kappa shape index (κ3) is 7.01. The second-order valence-corrected chi connectivity index (χ2v) is 7.58. The number of hydrogen-bond acceptors (Lipinski definition) is 4. The number of nitrogen functional groups attached to an aromatic ring is 1. The van der Waals surface area contributed by atoms with Crippen LogP contribution in [0.2, 0.25) is 0 Å². The largest absolute Gasteiger partial charge is 0.484 e. The number of nitrogens with two attached hydrogens (primary N) is 1. The molecular weight excluding hydrogens is 349 g/mol. The van der Waals surface area contributed by atoms with Crippen molar-refractivity contribution in [1.29, 1.82) is 0 Å². The highest BCUT2D eigenvalue weighted by atomic mass is 19.4. The standard InChI is InChI=1S/C18H25F3N2O3/c1-17(2,3)26-16(24)23(9-12-4-5-12)10-13-8-14(22)6-7-15(13)25-11-18(19,20)21/h6-8,12H,4-5,9-11,22H2,1-3H3. The lowest BCUT2D eigenvalue weighted by molar-refractivity contribution is -0.153. The molecule has 8 heteroatoms. The molecule has 2 rings (SSSR count). The van der Waals surface area contributed by atoms with Gasteiger partial charge in [0, 0.05) is 17.8 Å². The number of anilines is 1. The second kappa shape index (κ2) is 7.63. The zero-order chi connectivity index (χ0) is 19.5. The Morgan fingerprint density at radius 2 is 1.92 bits per heavy atom. The minimum atomic E-state index is -4.45. The summed E-state index contributed by atoms with van der Waals surface area (Å²) in [5, 5.41) is 0. The van der Waals surface area contributed by atoms with Crippen molar-refractivity contribution in [3.63, 3.8) is 0 Å². The number of nitrogens with zero attached hydrogens (tertiary/aromatic N) is 1. The third-order valence-corrected chi connectivity index (χ3v) is 3.66. The third-order valence-electron chi connectivity index (χ3n) is 3.66. The lowest BCUT2D eigenvalue weighted by Crippen LogP contribution is -2.37. The van der Waals surface area contributed by atoms with Gasteiger partial charge in [-0.25, -0.2) is 4.79 Å². The molecule has 2 N–H and O–H groups in total. The average Bonchev–Trinajstić information content (AvgIpc) is 3.27. The predicted octanol–water partition coefficient (Wildman–Crippen LogP) is 4.36. The molecule has 0 aromatic heterocycles. The number of carbonyl (C=O) groups excluding carboxylic acids is 1. The van der Waals surface area contributed by atoms with Crippen LogP contribution in [0.1, 0.15) is 39.2 Å². The first-order valence-corrected chi connectivity index (χ1v) is 8.49. The molecule has 0 unspecified atom stereocenters. The van der Waals surface area contributed by atoms with E-state index in [1.165, 1.54) is 23.1 Å². The number of benzene rings is 1. The Bertz CT molecular complexity index is 638. The highest BCUT2D eigenvalue weighted by Crippen LogP contribution is 2.32. The molecule has 1 saturated carbocycles. The van der Waals surface area contributed by atoms with Gasteiger partial charge in [0.15, 0.2) is 6.61 Å². The monoisotopic (exact) mass is 374 g/mol. The van der Waals surface area contributed by atoms with Crippen molar-refractivity contribution in [1.82, 2.24) is 4.90 Å². The Morgan fingerprint density at radius 3 is 2.46 bits per heavy atom. The summed E-state index contributed by atoms with van der Waals surface area (Å²) in [7, 11) is 0. The summed E-state index contributed by atoms with van der Waals surface area (Å²) in [5.41, 5.74) is 5.90. The summed E-state index contributed by atoms with van der Waals surface area (Å²) in [4.78, 5) is 14.0. The Hall–Kier alpha value is -2.12. The highest BCUT2D eigenvalue weighted by molar-refractivity contribution is 5.68. The number of ether oxygens (including phenoxy) is 2. The summed E-state index contributed by atoms with van der Waals surface area (Å²) in [6.07, 6.45) is -2.91. The fourth-order valence-electron chi connectivity index (χ4n) is 2.37. The van der Waals surface area contributed by atoms with Gasteiger partial charge in [-0.15, -0.1) is 0 Å². The van der Waals surface area contributed by atoms with Gasteiger partial charge in [-0.3, -0.25) is 0 Å². The lowest BCUT2D eigenvalue weighted by Gasteiger charge is -2.28. The van der Waals surface area contributed by atoms with Crippen molar-refractivity contribution in [2.24, 2.45) is 5.92 Å². The molecular formula is C18H25F3N2O3. The quantitative estimate of drug-likeness (QED) is 0.752. The normalized spacial score (nSPS) is 14.8. The molecule has 0 radical (unpaired) electrons. The first-order valence-electron chi connectivity index (χ1n) is 8.49. The van der Waals surface area contributed by atoms with Crippen molar-refractivity contribution in [3.8, 4) is 5.75 Å². The first kappa shape index (κ1) is 20.2. The number of hydrogen-bond donors (Lipinski definition) is 1. The SMILES string of the molecule is CC(C)(C)OC(=O)N(Cc1cc(N)ccc1OCC(F)(F)F)CC1CC1. The van der Waals surface area contributed by atoms with Crippen molar-refractivity contribution >= 4 is 11.8 Å². The van der Waals surface area contributed by atoms with E-state index >= 15 is 0 Å². The van der Waals surface area contributed by atoms with Crippen molar-refractivity contribution in [2.45, 2.75) is 51.9 Å². The van der Waals surface area contributed by atoms with E-state index in [-0.39, 0.29) is 12.3 Å². The van der Waals surface area contributed by atoms with Crippen LogP contribution in [0.4, 0.5) is 23.7 Å². The molecule has 1 amide bonds. The van der Waals surface area contributed by atoms with E-state index in [2.05, 4.69) is 0 Å². The van der Waals surface area contributed by atoms with E-state index in [0.717, 1.165) is 12.8 Å². The number of carbonyl (C=O) groups is 1. The van der Waals surface area contributed by atoms with E-state index < -0.39 is 24.5 Å². The van der Waals surface area contributed by atoms with Gasteiger partial charge in [0.1, 0.15) is 11.4 Å². The summed E-state index contributed by atoms with van der Waals surface area (Å²) in [5.74, 6) is 0.448. The molecule has 0 aliphatic heterocycles. The smallest absolute Gasteiger partial charge is 0.422 e. The number of rotatable bonds is 6. The van der Waals surface area contributed by atoms with Gasteiger partial charge in [0.25, 0.3) is 0 Å². The molecule has 0 heterocycles. The van der Waals surface area contributed by atoms with Crippen LogP contribution in [0, 0.1) is 5.92 Å². The van der Waals surface area contributed by atoms with Crippen molar-refractivity contribution in [3.05, 3.63) is 23.8 Å². The van der Waals surface area contributed by atoms with E-state index in [0.29, 0.717) is 23.7 Å². The number of halogens is 3. The second-order valence-electron chi connectivity index (χ2n) is 7.58. The maximum atomic E-state index is 12.5. The lowest BCUT2D eigenvalue weighted by atomic mass is 10.1. The van der Waals surface area contributed by atoms with Crippen LogP contribution in [0.25, 0.3) is 0 Å². The van der Waals surface area contributed by atoms with Crippen LogP contribution in [0.3, 0.4) is 0 Å². The maximum absolute atomic E-state index is 12.5. The number of amides is 1. The van der Waals surface area contributed by atoms with Crippen LogP contribution in [0.5, 0.6) is 5.75 Å². The molecule has 1 aliphatic carbocycles. The molecule has 0 saturated heterocycles. The molecule has 0 spiro atoms.